The number of hydrogen-bond donors (Lipinski definition) is 1. The van der Waals surface area contributed by atoms with Gasteiger partial charge in [0.1, 0.15) is 5.69 Å². The minimum Gasteiger partial charge on any atom is -0.380 e. The first-order chi connectivity index (χ1) is 9.81. The molecule has 3 unspecified atom stereocenters. The van der Waals surface area contributed by atoms with Crippen LogP contribution in [0.1, 0.15) is 25.7 Å². The van der Waals surface area contributed by atoms with E-state index in [-0.39, 0.29) is 0 Å². The summed E-state index contributed by atoms with van der Waals surface area (Å²) in [6, 6.07) is 8.55. The highest BCUT2D eigenvalue weighted by atomic mass is 35.5. The van der Waals surface area contributed by atoms with Crippen molar-refractivity contribution in [2.24, 2.45) is 11.8 Å². The van der Waals surface area contributed by atoms with Gasteiger partial charge in [0.2, 0.25) is 0 Å². The van der Waals surface area contributed by atoms with E-state index in [1.165, 1.54) is 25.7 Å². The summed E-state index contributed by atoms with van der Waals surface area (Å²) in [5.41, 5.74) is 2.06. The van der Waals surface area contributed by atoms with Crippen molar-refractivity contribution in [3.05, 3.63) is 41.7 Å². The van der Waals surface area contributed by atoms with E-state index in [4.69, 9.17) is 11.6 Å². The molecular formula is C16H18ClN3. The van der Waals surface area contributed by atoms with E-state index >= 15 is 0 Å². The average molecular weight is 288 g/mol. The van der Waals surface area contributed by atoms with Gasteiger partial charge in [-0.05, 0) is 49.3 Å². The first-order valence-electron chi connectivity index (χ1n) is 7.36. The van der Waals surface area contributed by atoms with Crippen molar-refractivity contribution in [3.8, 4) is 5.69 Å². The molecule has 0 saturated heterocycles. The number of nitrogens with zero attached hydrogens (tertiary/aromatic N) is 2. The molecular weight excluding hydrogens is 270 g/mol. The molecule has 2 aliphatic carbocycles. The maximum atomic E-state index is 6.38. The summed E-state index contributed by atoms with van der Waals surface area (Å²) in [5, 5.41) is 8.79. The van der Waals surface area contributed by atoms with Crippen LogP contribution in [0.5, 0.6) is 0 Å². The molecule has 1 aromatic heterocycles. The Labute approximate surface area is 123 Å². The summed E-state index contributed by atoms with van der Waals surface area (Å²) in [4.78, 5) is 0. The number of para-hydroxylation sites is 1. The molecule has 0 aliphatic heterocycles. The zero-order valence-corrected chi connectivity index (χ0v) is 12.1. The van der Waals surface area contributed by atoms with Crippen molar-refractivity contribution in [3.63, 3.8) is 0 Å². The van der Waals surface area contributed by atoms with Crippen molar-refractivity contribution >= 4 is 17.3 Å². The summed E-state index contributed by atoms with van der Waals surface area (Å²) in [6.07, 6.45) is 9.22. The van der Waals surface area contributed by atoms with Gasteiger partial charge in [0.25, 0.3) is 0 Å². The molecule has 1 aromatic carbocycles. The Bertz CT molecular complexity index is 608. The van der Waals surface area contributed by atoms with Crippen LogP contribution < -0.4 is 5.32 Å². The lowest BCUT2D eigenvalue weighted by atomic mass is 9.95. The quantitative estimate of drug-likeness (QED) is 0.920. The van der Waals surface area contributed by atoms with Crippen LogP contribution in [0.2, 0.25) is 5.02 Å². The van der Waals surface area contributed by atoms with E-state index in [0.717, 1.165) is 28.2 Å². The smallest absolute Gasteiger partial charge is 0.106 e. The topological polar surface area (TPSA) is 29.9 Å². The fourth-order valence-corrected chi connectivity index (χ4v) is 4.15. The van der Waals surface area contributed by atoms with Crippen LogP contribution in [-0.2, 0) is 0 Å². The molecule has 20 heavy (non-hydrogen) atoms. The first kappa shape index (κ1) is 12.3. The Morgan fingerprint density at radius 1 is 1.20 bits per heavy atom. The fraction of sp³-hybridized carbons (Fsp3) is 0.438. The van der Waals surface area contributed by atoms with Gasteiger partial charge in [-0.3, -0.25) is 0 Å². The number of benzene rings is 1. The van der Waals surface area contributed by atoms with Gasteiger partial charge in [-0.2, -0.15) is 5.10 Å². The van der Waals surface area contributed by atoms with E-state index in [1.54, 1.807) is 6.20 Å². The van der Waals surface area contributed by atoms with Crippen molar-refractivity contribution in [2.45, 2.75) is 31.7 Å². The molecule has 1 heterocycles. The molecule has 0 amide bonds. The van der Waals surface area contributed by atoms with E-state index in [1.807, 2.05) is 29.1 Å². The fourth-order valence-electron chi connectivity index (χ4n) is 3.89. The van der Waals surface area contributed by atoms with Gasteiger partial charge in [0, 0.05) is 18.4 Å². The van der Waals surface area contributed by atoms with Crippen molar-refractivity contribution < 1.29 is 0 Å². The number of fused-ring (bicyclic) bond motifs is 2. The summed E-state index contributed by atoms with van der Waals surface area (Å²) in [6.45, 7) is 0. The monoisotopic (exact) mass is 287 g/mol. The van der Waals surface area contributed by atoms with Gasteiger partial charge < -0.3 is 5.32 Å². The molecule has 3 atom stereocenters. The van der Waals surface area contributed by atoms with Gasteiger partial charge in [-0.1, -0.05) is 24.1 Å². The predicted octanol–water partition coefficient (Wildman–Crippen LogP) is 4.13. The minimum absolute atomic E-state index is 0.599. The van der Waals surface area contributed by atoms with Gasteiger partial charge in [-0.15, -0.1) is 0 Å². The van der Waals surface area contributed by atoms with E-state index in [0.29, 0.717) is 6.04 Å². The zero-order chi connectivity index (χ0) is 13.5. The molecule has 4 heteroatoms. The number of nitrogens with one attached hydrogen (secondary N) is 1. The first-order valence-corrected chi connectivity index (χ1v) is 7.74. The molecule has 0 spiro atoms. The van der Waals surface area contributed by atoms with E-state index < -0.39 is 0 Å². The van der Waals surface area contributed by atoms with Crippen LogP contribution in [0.25, 0.3) is 5.69 Å². The van der Waals surface area contributed by atoms with Crippen molar-refractivity contribution in [2.75, 3.05) is 5.32 Å². The third-order valence-corrected chi connectivity index (χ3v) is 5.10. The Kier molecular flexibility index (Phi) is 2.95. The molecule has 3 nitrogen and oxygen atoms in total. The lowest BCUT2D eigenvalue weighted by Crippen LogP contribution is -2.26. The maximum absolute atomic E-state index is 6.38. The van der Waals surface area contributed by atoms with Crippen LogP contribution in [0, 0.1) is 11.8 Å². The highest BCUT2D eigenvalue weighted by Crippen LogP contribution is 2.46. The number of hydrogen-bond acceptors (Lipinski definition) is 2. The number of halogens is 1. The summed E-state index contributed by atoms with van der Waals surface area (Å²) in [7, 11) is 0. The third kappa shape index (κ3) is 2.01. The molecule has 2 saturated carbocycles. The largest absolute Gasteiger partial charge is 0.380 e. The Morgan fingerprint density at radius 2 is 2.15 bits per heavy atom. The second kappa shape index (κ2) is 4.81. The van der Waals surface area contributed by atoms with Crippen LogP contribution in [0.15, 0.2) is 36.7 Å². The SMILES string of the molecule is Clc1cccc(NC2CC3CCC2C3)c1-n1cccn1. The summed E-state index contributed by atoms with van der Waals surface area (Å²) >= 11 is 6.38. The molecule has 2 fully saturated rings. The van der Waals surface area contributed by atoms with Crippen LogP contribution in [-0.4, -0.2) is 15.8 Å². The Morgan fingerprint density at radius 3 is 2.85 bits per heavy atom. The second-order valence-electron chi connectivity index (χ2n) is 6.01. The van der Waals surface area contributed by atoms with Crippen LogP contribution in [0.4, 0.5) is 5.69 Å². The summed E-state index contributed by atoms with van der Waals surface area (Å²) in [5.74, 6) is 1.77. The minimum atomic E-state index is 0.599. The standard InChI is InChI=1S/C16H18ClN3/c17-13-3-1-4-14(16(13)20-8-2-7-18-20)19-15-10-11-5-6-12(15)9-11/h1-4,7-8,11-12,15,19H,5-6,9-10H2. The number of rotatable bonds is 3. The number of anilines is 1. The zero-order valence-electron chi connectivity index (χ0n) is 11.3. The normalized spacial score (nSPS) is 27.9. The third-order valence-electron chi connectivity index (χ3n) is 4.80. The molecule has 2 aliphatic rings. The highest BCUT2D eigenvalue weighted by Gasteiger charge is 2.39. The van der Waals surface area contributed by atoms with Gasteiger partial charge in [0.05, 0.1) is 10.7 Å². The molecule has 0 radical (unpaired) electrons. The van der Waals surface area contributed by atoms with E-state index in [9.17, 15) is 0 Å². The molecule has 2 aromatic rings. The Hall–Kier alpha value is -1.48. The maximum Gasteiger partial charge on any atom is 0.106 e. The van der Waals surface area contributed by atoms with Gasteiger partial charge in [-0.25, -0.2) is 4.68 Å². The molecule has 2 bridgehead atoms. The predicted molar refractivity (Wildman–Crippen MR) is 81.4 cm³/mol. The van der Waals surface area contributed by atoms with Crippen molar-refractivity contribution in [1.29, 1.82) is 0 Å². The lowest BCUT2D eigenvalue weighted by Gasteiger charge is -2.25. The number of aromatic nitrogens is 2. The van der Waals surface area contributed by atoms with Crippen LogP contribution in [0.3, 0.4) is 0 Å². The second-order valence-corrected chi connectivity index (χ2v) is 6.42. The molecule has 104 valence electrons. The lowest BCUT2D eigenvalue weighted by molar-refractivity contribution is 0.439. The van der Waals surface area contributed by atoms with Gasteiger partial charge in [0.15, 0.2) is 0 Å². The average Bonchev–Trinajstić information content (AvgIpc) is 3.16. The van der Waals surface area contributed by atoms with E-state index in [2.05, 4.69) is 16.5 Å². The Balaban J connectivity index is 1.66. The molecule has 4 rings (SSSR count). The highest BCUT2D eigenvalue weighted by molar-refractivity contribution is 6.33. The van der Waals surface area contributed by atoms with Gasteiger partial charge >= 0.3 is 0 Å². The molecule has 1 N–H and O–H groups in total. The summed E-state index contributed by atoms with van der Waals surface area (Å²) < 4.78 is 1.85. The van der Waals surface area contributed by atoms with Crippen LogP contribution >= 0.6 is 11.6 Å². The van der Waals surface area contributed by atoms with Crippen molar-refractivity contribution in [1.82, 2.24) is 9.78 Å².